The van der Waals surface area contributed by atoms with Crippen LogP contribution >= 0.6 is 0 Å². The summed E-state index contributed by atoms with van der Waals surface area (Å²) in [7, 11) is 2.19. The molecule has 7 aromatic rings. The second-order valence-corrected chi connectivity index (χ2v) is 10.1. The summed E-state index contributed by atoms with van der Waals surface area (Å²) in [5.41, 5.74) is 8.08. The van der Waals surface area contributed by atoms with E-state index in [9.17, 15) is 0 Å². The molecular formula is C31H27N2+. The van der Waals surface area contributed by atoms with E-state index >= 15 is 0 Å². The van der Waals surface area contributed by atoms with Gasteiger partial charge in [0.25, 0.3) is 0 Å². The van der Waals surface area contributed by atoms with Crippen LogP contribution in [0.15, 0.2) is 72.9 Å². The van der Waals surface area contributed by atoms with Gasteiger partial charge in [-0.05, 0) is 58.7 Å². The minimum Gasteiger partial charge on any atom is -0.307 e. The molecule has 3 aromatic heterocycles. The lowest BCUT2D eigenvalue weighted by atomic mass is 9.92. The second-order valence-electron chi connectivity index (χ2n) is 10.1. The number of benzene rings is 4. The first kappa shape index (κ1) is 18.9. The molecule has 3 heterocycles. The van der Waals surface area contributed by atoms with Gasteiger partial charge >= 0.3 is 0 Å². The summed E-state index contributed by atoms with van der Waals surface area (Å²) in [6.45, 7) is 6.91. The molecule has 0 radical (unpaired) electrons. The van der Waals surface area contributed by atoms with E-state index < -0.39 is 0 Å². The zero-order valence-corrected chi connectivity index (χ0v) is 19.6. The van der Waals surface area contributed by atoms with Gasteiger partial charge in [0.05, 0.1) is 27.3 Å². The number of hydrogen-bond donors (Lipinski definition) is 0. The van der Waals surface area contributed by atoms with Crippen molar-refractivity contribution in [2.45, 2.75) is 27.2 Å². The largest absolute Gasteiger partial charge is 0.307 e. The highest BCUT2D eigenvalue weighted by atomic mass is 15.0. The van der Waals surface area contributed by atoms with Crippen molar-refractivity contribution in [3.05, 3.63) is 84.1 Å². The molecule has 2 heteroatoms. The molecule has 0 aliphatic carbocycles. The SMILES string of the molecule is Cc1c2ccccc2c2c3ccccc3n3c4cc(CC(C)C)cc5cc[n+](C)c(c1c23)c54. The number of rotatable bonds is 2. The molecule has 0 N–H and O–H groups in total. The Labute approximate surface area is 193 Å². The van der Waals surface area contributed by atoms with Crippen LogP contribution in [0.1, 0.15) is 25.0 Å². The predicted octanol–water partition coefficient (Wildman–Crippen LogP) is 7.47. The zero-order valence-electron chi connectivity index (χ0n) is 19.6. The minimum absolute atomic E-state index is 0.623. The number of fused-ring (bicyclic) bond motifs is 7. The molecule has 0 aliphatic heterocycles. The first-order valence-electron chi connectivity index (χ1n) is 11.9. The molecule has 0 aliphatic rings. The van der Waals surface area contributed by atoms with Crippen LogP contribution in [-0.2, 0) is 13.5 Å². The molecule has 4 aromatic carbocycles. The fourth-order valence-corrected chi connectivity index (χ4v) is 6.24. The van der Waals surface area contributed by atoms with Crippen LogP contribution in [-0.4, -0.2) is 4.40 Å². The minimum atomic E-state index is 0.623. The second kappa shape index (κ2) is 6.45. The first-order chi connectivity index (χ1) is 16.0. The Bertz CT molecular complexity index is 1890. The van der Waals surface area contributed by atoms with Gasteiger partial charge in [0.1, 0.15) is 7.05 Å². The molecular weight excluding hydrogens is 400 g/mol. The smallest absolute Gasteiger partial charge is 0.224 e. The van der Waals surface area contributed by atoms with Crippen molar-refractivity contribution in [3.63, 3.8) is 0 Å². The van der Waals surface area contributed by atoms with E-state index in [0.29, 0.717) is 5.92 Å². The van der Waals surface area contributed by atoms with E-state index in [0.717, 1.165) is 6.42 Å². The van der Waals surface area contributed by atoms with Gasteiger partial charge in [-0.3, -0.25) is 0 Å². The van der Waals surface area contributed by atoms with Crippen molar-refractivity contribution >= 4 is 59.8 Å². The molecule has 0 saturated heterocycles. The molecule has 2 nitrogen and oxygen atoms in total. The molecule has 0 fully saturated rings. The Morgan fingerprint density at radius 3 is 2.30 bits per heavy atom. The average molecular weight is 428 g/mol. The van der Waals surface area contributed by atoms with Crippen molar-refractivity contribution in [1.82, 2.24) is 4.40 Å². The van der Waals surface area contributed by atoms with Crippen LogP contribution in [0.2, 0.25) is 0 Å². The standard InChI is InChI=1S/C31H27N2/c1-18(2)15-20-16-21-13-14-32(4)30-27-19(3)22-9-5-6-10-23(22)29-24-11-7-8-12-25(24)33(31(27)29)26(17-20)28(21)30/h5-14,16-18H,15H2,1-4H3/q+1. The van der Waals surface area contributed by atoms with E-state index in [1.165, 1.54) is 70.9 Å². The monoisotopic (exact) mass is 427 g/mol. The van der Waals surface area contributed by atoms with Crippen LogP contribution < -0.4 is 4.57 Å². The molecule has 0 saturated carbocycles. The summed E-state index contributed by atoms with van der Waals surface area (Å²) in [5.74, 6) is 0.623. The lowest BCUT2D eigenvalue weighted by Gasteiger charge is -2.16. The van der Waals surface area contributed by atoms with Crippen LogP contribution in [0.25, 0.3) is 59.8 Å². The fourth-order valence-electron chi connectivity index (χ4n) is 6.24. The van der Waals surface area contributed by atoms with Gasteiger partial charge < -0.3 is 4.40 Å². The third kappa shape index (κ3) is 2.36. The topological polar surface area (TPSA) is 8.29 Å². The summed E-state index contributed by atoms with van der Waals surface area (Å²) in [6, 6.07) is 25.0. The summed E-state index contributed by atoms with van der Waals surface area (Å²) in [5, 5.41) is 9.47. The number of aryl methyl sites for hydroxylation is 2. The highest BCUT2D eigenvalue weighted by Crippen LogP contribution is 2.44. The molecule has 0 bridgehead atoms. The Morgan fingerprint density at radius 1 is 0.788 bits per heavy atom. The van der Waals surface area contributed by atoms with Crippen LogP contribution in [0.4, 0.5) is 0 Å². The Balaban J connectivity index is 1.91. The number of para-hydroxylation sites is 1. The third-order valence-electron chi connectivity index (χ3n) is 7.48. The van der Waals surface area contributed by atoms with Gasteiger partial charge in [-0.25, -0.2) is 4.57 Å². The summed E-state index contributed by atoms with van der Waals surface area (Å²) in [4.78, 5) is 0. The quantitative estimate of drug-likeness (QED) is 0.154. The number of hydrogen-bond acceptors (Lipinski definition) is 0. The van der Waals surface area contributed by atoms with Gasteiger partial charge in [0, 0.05) is 16.8 Å². The van der Waals surface area contributed by atoms with Crippen LogP contribution in [0.5, 0.6) is 0 Å². The highest BCUT2D eigenvalue weighted by molar-refractivity contribution is 6.32. The molecule has 0 atom stereocenters. The van der Waals surface area contributed by atoms with Gasteiger partial charge in [0.2, 0.25) is 5.52 Å². The Hall–Kier alpha value is -3.65. The third-order valence-corrected chi connectivity index (χ3v) is 7.48. The maximum absolute atomic E-state index is 2.55. The molecule has 7 rings (SSSR count). The average Bonchev–Trinajstić information content (AvgIpc) is 3.15. The number of aromatic nitrogens is 2. The molecule has 0 amide bonds. The van der Waals surface area contributed by atoms with Crippen molar-refractivity contribution in [2.75, 3.05) is 0 Å². The molecule has 33 heavy (non-hydrogen) atoms. The van der Waals surface area contributed by atoms with Crippen molar-refractivity contribution in [2.24, 2.45) is 13.0 Å². The number of nitrogens with zero attached hydrogens (tertiary/aromatic N) is 2. The summed E-state index contributed by atoms with van der Waals surface area (Å²) < 4.78 is 4.88. The zero-order chi connectivity index (χ0) is 22.4. The van der Waals surface area contributed by atoms with Gasteiger partial charge in [-0.1, -0.05) is 62.4 Å². The van der Waals surface area contributed by atoms with Crippen molar-refractivity contribution < 1.29 is 4.57 Å². The summed E-state index contributed by atoms with van der Waals surface area (Å²) >= 11 is 0. The van der Waals surface area contributed by atoms with Crippen LogP contribution in [0, 0.1) is 12.8 Å². The fraction of sp³-hybridized carbons (Fsp3) is 0.194. The lowest BCUT2D eigenvalue weighted by Crippen LogP contribution is -2.29. The number of pyridine rings is 2. The van der Waals surface area contributed by atoms with Crippen molar-refractivity contribution in [1.29, 1.82) is 0 Å². The normalized spacial score (nSPS) is 12.6. The lowest BCUT2D eigenvalue weighted by molar-refractivity contribution is -0.643. The molecule has 160 valence electrons. The van der Waals surface area contributed by atoms with E-state index in [2.05, 4.69) is 110 Å². The molecule has 0 unspecified atom stereocenters. The molecule has 0 spiro atoms. The van der Waals surface area contributed by atoms with Gasteiger partial charge in [-0.15, -0.1) is 0 Å². The van der Waals surface area contributed by atoms with E-state index in [1.807, 2.05) is 0 Å². The van der Waals surface area contributed by atoms with Crippen LogP contribution in [0.3, 0.4) is 0 Å². The Kier molecular flexibility index (Phi) is 3.69. The summed E-state index contributed by atoms with van der Waals surface area (Å²) in [6.07, 6.45) is 3.32. The van der Waals surface area contributed by atoms with E-state index in [4.69, 9.17) is 0 Å². The highest BCUT2D eigenvalue weighted by Gasteiger charge is 2.26. The predicted molar refractivity (Wildman–Crippen MR) is 141 cm³/mol. The maximum atomic E-state index is 2.55. The van der Waals surface area contributed by atoms with E-state index in [1.54, 1.807) is 0 Å². The van der Waals surface area contributed by atoms with Gasteiger partial charge in [0.15, 0.2) is 6.20 Å². The van der Waals surface area contributed by atoms with Crippen molar-refractivity contribution in [3.8, 4) is 0 Å². The first-order valence-corrected chi connectivity index (χ1v) is 11.9. The Morgan fingerprint density at radius 2 is 1.52 bits per heavy atom. The maximum Gasteiger partial charge on any atom is 0.224 e. The van der Waals surface area contributed by atoms with Gasteiger partial charge in [-0.2, -0.15) is 0 Å². The van der Waals surface area contributed by atoms with E-state index in [-0.39, 0.29) is 0 Å².